The second kappa shape index (κ2) is 13.2. The Bertz CT molecular complexity index is 1520. The van der Waals surface area contributed by atoms with E-state index in [1.54, 1.807) is 72.8 Å². The van der Waals surface area contributed by atoms with Crippen LogP contribution in [-0.4, -0.2) is 23.4 Å². The molecule has 0 aromatic heterocycles. The largest absolute Gasteiger partial charge is 0.321 e. The van der Waals surface area contributed by atoms with Gasteiger partial charge in [-0.15, -0.1) is 11.8 Å². The van der Waals surface area contributed by atoms with Gasteiger partial charge in [0, 0.05) is 32.3 Å². The molecule has 0 saturated carbocycles. The molecule has 4 rings (SSSR count). The molecule has 0 spiro atoms. The average Bonchev–Trinajstić information content (AvgIpc) is 2.94. The maximum atomic E-state index is 14.5. The summed E-state index contributed by atoms with van der Waals surface area (Å²) in [5.74, 6) is -1.76. The van der Waals surface area contributed by atoms with Gasteiger partial charge >= 0.3 is 0 Å². The zero-order valence-electron chi connectivity index (χ0n) is 20.3. The molecule has 0 aliphatic heterocycles. The number of carbonyl (C=O) groups is 3. The summed E-state index contributed by atoms with van der Waals surface area (Å²) in [5, 5.41) is 5.91. The molecular weight excluding hydrogens is 558 g/mol. The molecule has 2 N–H and O–H groups in total. The van der Waals surface area contributed by atoms with Crippen LogP contribution in [0.4, 0.5) is 10.1 Å². The number of halogens is 3. The predicted molar refractivity (Wildman–Crippen MR) is 155 cm³/mol. The Kier molecular flexibility index (Phi) is 9.54. The Morgan fingerprint density at radius 3 is 2.26 bits per heavy atom. The average molecular weight is 579 g/mol. The van der Waals surface area contributed by atoms with Crippen molar-refractivity contribution in [3.8, 4) is 0 Å². The standard InChI is InChI=1S/C30H21Cl2FN2O3S/c31-21-14-12-19(13-15-21)28(36)18-39-23-9-4-8-22(16-23)34-30(38)27(17-24-25(32)10-5-11-26(24)33)35-29(37)20-6-2-1-3-7-20/h1-17H,18H2,(H,34,38)(H,35,37)/b27-17-. The van der Waals surface area contributed by atoms with Crippen LogP contribution in [-0.2, 0) is 4.79 Å². The van der Waals surface area contributed by atoms with E-state index in [4.69, 9.17) is 23.2 Å². The Balaban J connectivity index is 1.52. The molecule has 0 fully saturated rings. The monoisotopic (exact) mass is 578 g/mol. The number of amides is 2. The van der Waals surface area contributed by atoms with Crippen molar-refractivity contribution in [1.82, 2.24) is 5.32 Å². The highest BCUT2D eigenvalue weighted by molar-refractivity contribution is 8.00. The minimum Gasteiger partial charge on any atom is -0.321 e. The zero-order chi connectivity index (χ0) is 27.8. The number of carbonyl (C=O) groups excluding carboxylic acids is 3. The van der Waals surface area contributed by atoms with Crippen molar-refractivity contribution in [1.29, 1.82) is 0 Å². The van der Waals surface area contributed by atoms with Gasteiger partial charge in [-0.1, -0.05) is 53.5 Å². The van der Waals surface area contributed by atoms with Crippen LogP contribution in [0.2, 0.25) is 10.0 Å². The Morgan fingerprint density at radius 1 is 0.821 bits per heavy atom. The number of hydrogen-bond donors (Lipinski definition) is 2. The van der Waals surface area contributed by atoms with Crippen LogP contribution < -0.4 is 10.6 Å². The van der Waals surface area contributed by atoms with Gasteiger partial charge in [0.15, 0.2) is 5.78 Å². The SMILES string of the molecule is O=C(Nc1cccc(SCC(=O)c2ccc(Cl)cc2)c1)/C(=C/c1c(F)cccc1Cl)NC(=O)c1ccccc1. The van der Waals surface area contributed by atoms with E-state index in [2.05, 4.69) is 10.6 Å². The van der Waals surface area contributed by atoms with Gasteiger partial charge in [0.05, 0.1) is 10.8 Å². The third-order valence-electron chi connectivity index (χ3n) is 5.45. The number of benzene rings is 4. The summed E-state index contributed by atoms with van der Waals surface area (Å²) in [5.41, 5.74) is 1.05. The van der Waals surface area contributed by atoms with E-state index in [1.165, 1.54) is 36.0 Å². The number of rotatable bonds is 9. The van der Waals surface area contributed by atoms with Gasteiger partial charge in [0.25, 0.3) is 11.8 Å². The van der Waals surface area contributed by atoms with Crippen molar-refractivity contribution in [3.05, 3.63) is 135 Å². The van der Waals surface area contributed by atoms with E-state index in [0.717, 1.165) is 4.90 Å². The van der Waals surface area contributed by atoms with Gasteiger partial charge in [-0.25, -0.2) is 4.39 Å². The summed E-state index contributed by atoms with van der Waals surface area (Å²) in [6.07, 6.45) is 1.19. The summed E-state index contributed by atoms with van der Waals surface area (Å²) >= 11 is 13.4. The fourth-order valence-corrected chi connectivity index (χ4v) is 4.66. The molecular formula is C30H21Cl2FN2O3S. The molecule has 0 bridgehead atoms. The van der Waals surface area contributed by atoms with Crippen LogP contribution in [0.1, 0.15) is 26.3 Å². The molecule has 0 saturated heterocycles. The lowest BCUT2D eigenvalue weighted by Crippen LogP contribution is -2.30. The zero-order valence-corrected chi connectivity index (χ0v) is 22.6. The fourth-order valence-electron chi connectivity index (χ4n) is 3.47. The van der Waals surface area contributed by atoms with Gasteiger partial charge < -0.3 is 10.6 Å². The summed E-state index contributed by atoms with van der Waals surface area (Å²) < 4.78 is 14.5. The van der Waals surface area contributed by atoms with Crippen molar-refractivity contribution in [3.63, 3.8) is 0 Å². The third kappa shape index (κ3) is 7.80. The van der Waals surface area contributed by atoms with Crippen molar-refractivity contribution < 1.29 is 18.8 Å². The first-order valence-electron chi connectivity index (χ1n) is 11.7. The van der Waals surface area contributed by atoms with E-state index in [-0.39, 0.29) is 27.8 Å². The first kappa shape index (κ1) is 28.1. The van der Waals surface area contributed by atoms with Gasteiger partial charge in [-0.05, 0) is 72.8 Å². The van der Waals surface area contributed by atoms with Crippen LogP contribution in [0, 0.1) is 5.82 Å². The maximum Gasteiger partial charge on any atom is 0.272 e. The minimum absolute atomic E-state index is 0.0392. The highest BCUT2D eigenvalue weighted by Gasteiger charge is 2.17. The normalized spacial score (nSPS) is 11.1. The topological polar surface area (TPSA) is 75.3 Å². The Labute approximate surface area is 239 Å². The van der Waals surface area contributed by atoms with Crippen molar-refractivity contribution in [2.45, 2.75) is 4.90 Å². The molecule has 4 aromatic carbocycles. The molecule has 196 valence electrons. The highest BCUT2D eigenvalue weighted by atomic mass is 35.5. The van der Waals surface area contributed by atoms with E-state index in [1.807, 2.05) is 6.07 Å². The van der Waals surface area contributed by atoms with Gasteiger partial charge in [-0.2, -0.15) is 0 Å². The van der Waals surface area contributed by atoms with E-state index < -0.39 is 17.6 Å². The second-order valence-electron chi connectivity index (χ2n) is 8.21. The molecule has 0 heterocycles. The molecule has 0 atom stereocenters. The van der Waals surface area contributed by atoms with Crippen LogP contribution in [0.15, 0.2) is 108 Å². The van der Waals surface area contributed by atoms with Gasteiger partial charge in [-0.3, -0.25) is 14.4 Å². The smallest absolute Gasteiger partial charge is 0.272 e. The minimum atomic E-state index is -0.682. The first-order chi connectivity index (χ1) is 18.8. The fraction of sp³-hybridized carbons (Fsp3) is 0.0333. The molecule has 9 heteroatoms. The number of anilines is 1. The lowest BCUT2D eigenvalue weighted by Gasteiger charge is -2.13. The van der Waals surface area contributed by atoms with Crippen LogP contribution >= 0.6 is 35.0 Å². The molecule has 5 nitrogen and oxygen atoms in total. The van der Waals surface area contributed by atoms with Crippen molar-refractivity contribution >= 4 is 64.3 Å². The number of ketones is 1. The van der Waals surface area contributed by atoms with Crippen molar-refractivity contribution in [2.24, 2.45) is 0 Å². The molecule has 0 aliphatic carbocycles. The number of nitrogens with one attached hydrogen (secondary N) is 2. The molecule has 2 amide bonds. The summed E-state index contributed by atoms with van der Waals surface area (Å²) in [7, 11) is 0. The Hall–Kier alpha value is -3.91. The highest BCUT2D eigenvalue weighted by Crippen LogP contribution is 2.25. The lowest BCUT2D eigenvalue weighted by atomic mass is 10.1. The van der Waals surface area contributed by atoms with Gasteiger partial charge in [0.2, 0.25) is 0 Å². The lowest BCUT2D eigenvalue weighted by molar-refractivity contribution is -0.113. The van der Waals surface area contributed by atoms with E-state index >= 15 is 0 Å². The molecule has 4 aromatic rings. The summed E-state index contributed by atoms with van der Waals surface area (Å²) in [6.45, 7) is 0. The molecule has 0 radical (unpaired) electrons. The van der Waals surface area contributed by atoms with E-state index in [9.17, 15) is 18.8 Å². The van der Waals surface area contributed by atoms with Crippen LogP contribution in [0.3, 0.4) is 0 Å². The summed E-state index contributed by atoms with van der Waals surface area (Å²) in [6, 6.07) is 26.0. The van der Waals surface area contributed by atoms with Crippen molar-refractivity contribution in [2.75, 3.05) is 11.1 Å². The number of hydrogen-bond acceptors (Lipinski definition) is 4. The number of Topliss-reactive ketones (excluding diaryl/α,β-unsaturated/α-hetero) is 1. The third-order valence-corrected chi connectivity index (χ3v) is 7.02. The van der Waals surface area contributed by atoms with Gasteiger partial charge in [0.1, 0.15) is 11.5 Å². The van der Waals surface area contributed by atoms with Crippen LogP contribution in [0.5, 0.6) is 0 Å². The molecule has 0 aliphatic rings. The maximum absolute atomic E-state index is 14.5. The second-order valence-corrected chi connectivity index (χ2v) is 10.1. The quantitative estimate of drug-likeness (QED) is 0.122. The summed E-state index contributed by atoms with van der Waals surface area (Å²) in [4.78, 5) is 39.3. The number of thioether (sulfide) groups is 1. The predicted octanol–water partition coefficient (Wildman–Crippen LogP) is 7.52. The first-order valence-corrected chi connectivity index (χ1v) is 13.4. The van der Waals surface area contributed by atoms with E-state index in [0.29, 0.717) is 21.8 Å². The van der Waals surface area contributed by atoms with Crippen LogP contribution in [0.25, 0.3) is 6.08 Å². The molecule has 0 unspecified atom stereocenters. The molecule has 39 heavy (non-hydrogen) atoms. The Morgan fingerprint density at radius 2 is 1.54 bits per heavy atom.